The summed E-state index contributed by atoms with van der Waals surface area (Å²) in [5, 5.41) is 22.9. The number of aliphatic hydroxyl groups excluding tert-OH is 2. The van der Waals surface area contributed by atoms with Crippen LogP contribution < -0.4 is 0 Å². The van der Waals surface area contributed by atoms with E-state index >= 15 is 0 Å². The summed E-state index contributed by atoms with van der Waals surface area (Å²) in [5.74, 6) is -0.465. The van der Waals surface area contributed by atoms with Crippen LogP contribution in [0.15, 0.2) is 121 Å². The van der Waals surface area contributed by atoms with Gasteiger partial charge in [0.25, 0.3) is 0 Å². The first-order chi connectivity index (χ1) is 21.5. The molecule has 0 radical (unpaired) electrons. The maximum atomic E-state index is 11.8. The molecule has 6 heteroatoms. The van der Waals surface area contributed by atoms with Crippen molar-refractivity contribution >= 4 is 0 Å². The van der Waals surface area contributed by atoms with E-state index in [1.54, 1.807) is 0 Å². The van der Waals surface area contributed by atoms with Crippen molar-refractivity contribution < 1.29 is 29.2 Å². The highest BCUT2D eigenvalue weighted by molar-refractivity contribution is 5.18. The Balaban J connectivity index is 1.46. The second-order valence-corrected chi connectivity index (χ2v) is 12.0. The van der Waals surface area contributed by atoms with Gasteiger partial charge in [0, 0.05) is 17.8 Å². The van der Waals surface area contributed by atoms with Gasteiger partial charge in [0.2, 0.25) is 0 Å². The van der Waals surface area contributed by atoms with E-state index in [0.717, 1.165) is 22.3 Å². The lowest BCUT2D eigenvalue weighted by molar-refractivity contribution is -0.280. The van der Waals surface area contributed by atoms with Crippen LogP contribution in [0.3, 0.4) is 0 Å². The van der Waals surface area contributed by atoms with E-state index in [0.29, 0.717) is 26.4 Å². The van der Waals surface area contributed by atoms with Crippen LogP contribution in [-0.2, 0) is 45.4 Å². The van der Waals surface area contributed by atoms with E-state index in [-0.39, 0.29) is 32.3 Å². The summed E-state index contributed by atoms with van der Waals surface area (Å²) >= 11 is 0. The van der Waals surface area contributed by atoms with Gasteiger partial charge in [0.15, 0.2) is 0 Å². The summed E-state index contributed by atoms with van der Waals surface area (Å²) in [6, 6.07) is 39.9. The van der Waals surface area contributed by atoms with Crippen LogP contribution in [0.4, 0.5) is 0 Å². The molecular formula is C38H44O6. The zero-order valence-electron chi connectivity index (χ0n) is 25.5. The van der Waals surface area contributed by atoms with Crippen LogP contribution in [0, 0.1) is 11.3 Å². The molecule has 1 saturated carbocycles. The summed E-state index contributed by atoms with van der Waals surface area (Å²) in [4.78, 5) is 0. The standard InChI is InChI=1S/C38H44O6/c1-37(29-42-24-31-16-8-3-9-17-31)34(27-41-23-30-14-6-2-7-15-30)38(28-39,44-26-33-20-12-5-13-21-33)35(40)22-36(37)43-25-32-18-10-4-11-19-32/h2-21,34-36,39-40H,22-29H2,1H3/t34-,35-,36+,37+,38-/m1/s1. The molecule has 232 valence electrons. The minimum absolute atomic E-state index is 0.234. The molecule has 0 saturated heterocycles. The smallest absolute Gasteiger partial charge is 0.123 e. The van der Waals surface area contributed by atoms with Crippen LogP contribution in [0.25, 0.3) is 0 Å². The van der Waals surface area contributed by atoms with Gasteiger partial charge in [0.1, 0.15) is 5.60 Å². The van der Waals surface area contributed by atoms with Gasteiger partial charge in [-0.25, -0.2) is 0 Å². The summed E-state index contributed by atoms with van der Waals surface area (Å²) in [5.41, 5.74) is 2.14. The number of aliphatic hydroxyl groups is 2. The van der Waals surface area contributed by atoms with Gasteiger partial charge in [-0.05, 0) is 22.3 Å². The van der Waals surface area contributed by atoms with Gasteiger partial charge in [0.05, 0.1) is 58.5 Å². The lowest BCUT2D eigenvalue weighted by atomic mass is 9.58. The van der Waals surface area contributed by atoms with Crippen LogP contribution >= 0.6 is 0 Å². The molecule has 1 fully saturated rings. The Morgan fingerprint density at radius 2 is 1.09 bits per heavy atom. The summed E-state index contributed by atoms with van der Waals surface area (Å²) < 4.78 is 26.0. The van der Waals surface area contributed by atoms with E-state index in [4.69, 9.17) is 18.9 Å². The average molecular weight is 597 g/mol. The molecule has 5 atom stereocenters. The van der Waals surface area contributed by atoms with Gasteiger partial charge in [-0.15, -0.1) is 0 Å². The van der Waals surface area contributed by atoms with Gasteiger partial charge in [-0.2, -0.15) is 0 Å². The Bertz CT molecular complexity index is 1370. The van der Waals surface area contributed by atoms with Crippen molar-refractivity contribution in [2.75, 3.05) is 19.8 Å². The molecule has 1 aliphatic carbocycles. The van der Waals surface area contributed by atoms with Crippen LogP contribution in [0.2, 0.25) is 0 Å². The van der Waals surface area contributed by atoms with Crippen LogP contribution in [-0.4, -0.2) is 47.8 Å². The highest BCUT2D eigenvalue weighted by atomic mass is 16.5. The first kappa shape index (κ1) is 32.0. The molecular weight excluding hydrogens is 552 g/mol. The number of ether oxygens (including phenoxy) is 4. The molecule has 6 nitrogen and oxygen atoms in total. The largest absolute Gasteiger partial charge is 0.393 e. The molecule has 0 bridgehead atoms. The molecule has 2 N–H and O–H groups in total. The predicted octanol–water partition coefficient (Wildman–Crippen LogP) is 6.34. The van der Waals surface area contributed by atoms with Crippen molar-refractivity contribution in [2.45, 2.75) is 57.6 Å². The van der Waals surface area contributed by atoms with Crippen LogP contribution in [0.5, 0.6) is 0 Å². The van der Waals surface area contributed by atoms with Crippen molar-refractivity contribution in [3.63, 3.8) is 0 Å². The maximum absolute atomic E-state index is 11.8. The quantitative estimate of drug-likeness (QED) is 0.167. The molecule has 4 aromatic rings. The lowest BCUT2D eigenvalue weighted by Gasteiger charge is -2.57. The molecule has 1 aliphatic rings. The molecule has 5 rings (SSSR count). The van der Waals surface area contributed by atoms with Gasteiger partial charge >= 0.3 is 0 Å². The third-order valence-electron chi connectivity index (χ3n) is 8.94. The average Bonchev–Trinajstić information content (AvgIpc) is 3.07. The van der Waals surface area contributed by atoms with E-state index in [1.807, 2.05) is 121 Å². The Kier molecular flexibility index (Phi) is 11.3. The fourth-order valence-corrected chi connectivity index (χ4v) is 6.32. The summed E-state index contributed by atoms with van der Waals surface area (Å²) in [6.07, 6.45) is -1.11. The SMILES string of the molecule is C[C@@]1(COCc2ccccc2)[C@@H](OCc2ccccc2)C[C@@H](O)[C@](CO)(OCc2ccccc2)[C@@H]1COCc1ccccc1. The highest BCUT2D eigenvalue weighted by Gasteiger charge is 2.61. The third kappa shape index (κ3) is 7.83. The molecule has 44 heavy (non-hydrogen) atoms. The number of hydrogen-bond acceptors (Lipinski definition) is 6. The second kappa shape index (κ2) is 15.6. The van der Waals surface area contributed by atoms with Crippen molar-refractivity contribution in [3.05, 3.63) is 144 Å². The molecule has 4 aromatic carbocycles. The monoisotopic (exact) mass is 596 g/mol. The first-order valence-corrected chi connectivity index (χ1v) is 15.4. The van der Waals surface area contributed by atoms with Crippen molar-refractivity contribution in [1.29, 1.82) is 0 Å². The topological polar surface area (TPSA) is 77.4 Å². The van der Waals surface area contributed by atoms with E-state index in [2.05, 4.69) is 6.92 Å². The fraction of sp³-hybridized carbons (Fsp3) is 0.368. The van der Waals surface area contributed by atoms with Crippen molar-refractivity contribution in [3.8, 4) is 0 Å². The van der Waals surface area contributed by atoms with E-state index in [1.165, 1.54) is 0 Å². The maximum Gasteiger partial charge on any atom is 0.123 e. The minimum Gasteiger partial charge on any atom is -0.393 e. The Labute approximate surface area is 261 Å². The van der Waals surface area contributed by atoms with Gasteiger partial charge in [-0.1, -0.05) is 128 Å². The van der Waals surface area contributed by atoms with Gasteiger partial charge in [-0.3, -0.25) is 0 Å². The third-order valence-corrected chi connectivity index (χ3v) is 8.94. The minimum atomic E-state index is -1.30. The Morgan fingerprint density at radius 1 is 0.636 bits per heavy atom. The Hall–Kier alpha value is -3.36. The zero-order chi connectivity index (χ0) is 30.7. The number of rotatable bonds is 15. The van der Waals surface area contributed by atoms with Crippen LogP contribution in [0.1, 0.15) is 35.6 Å². The number of hydrogen-bond donors (Lipinski definition) is 2. The summed E-state index contributed by atoms with van der Waals surface area (Å²) in [6.45, 7) is 3.75. The lowest BCUT2D eigenvalue weighted by Crippen LogP contribution is -2.68. The second-order valence-electron chi connectivity index (χ2n) is 12.0. The van der Waals surface area contributed by atoms with Crippen molar-refractivity contribution in [2.24, 2.45) is 11.3 Å². The first-order valence-electron chi connectivity index (χ1n) is 15.4. The predicted molar refractivity (Wildman–Crippen MR) is 170 cm³/mol. The fourth-order valence-electron chi connectivity index (χ4n) is 6.32. The molecule has 0 amide bonds. The molecule has 0 aliphatic heterocycles. The normalized spacial score (nSPS) is 25.1. The molecule has 0 unspecified atom stereocenters. The molecule has 0 spiro atoms. The van der Waals surface area contributed by atoms with E-state index in [9.17, 15) is 10.2 Å². The Morgan fingerprint density at radius 3 is 1.59 bits per heavy atom. The zero-order valence-corrected chi connectivity index (χ0v) is 25.5. The summed E-state index contributed by atoms with van der Waals surface area (Å²) in [7, 11) is 0. The molecule has 0 aromatic heterocycles. The molecule has 0 heterocycles. The highest BCUT2D eigenvalue weighted by Crippen LogP contribution is 2.51. The number of benzene rings is 4. The van der Waals surface area contributed by atoms with E-state index < -0.39 is 23.0 Å². The van der Waals surface area contributed by atoms with Crippen molar-refractivity contribution in [1.82, 2.24) is 0 Å². The van der Waals surface area contributed by atoms with Gasteiger partial charge < -0.3 is 29.2 Å².